The van der Waals surface area contributed by atoms with E-state index in [2.05, 4.69) is 25.4 Å². The number of carbonyl (C=O) groups excluding carboxylic acids is 2. The maximum Gasteiger partial charge on any atom is 0.249 e. The number of amides is 2. The second-order valence-corrected chi connectivity index (χ2v) is 11.7. The van der Waals surface area contributed by atoms with E-state index in [0.717, 1.165) is 40.1 Å². The van der Waals surface area contributed by atoms with Gasteiger partial charge >= 0.3 is 0 Å². The number of nitrogens with one attached hydrogen (secondary N) is 2. The molecule has 1 fully saturated rings. The van der Waals surface area contributed by atoms with Gasteiger partial charge in [0.2, 0.25) is 17.8 Å². The first-order chi connectivity index (χ1) is 17.9. The lowest BCUT2D eigenvalue weighted by Gasteiger charge is -2.13. The number of pyridine rings is 2. The largest absolute Gasteiger partial charge is 0.376 e. The average molecular weight is 511 g/mol. The predicted octanol–water partition coefficient (Wildman–Crippen LogP) is 3.42. The van der Waals surface area contributed by atoms with E-state index in [4.69, 9.17) is 0 Å². The molecule has 0 aliphatic heterocycles. The van der Waals surface area contributed by atoms with Crippen LogP contribution < -0.4 is 15.5 Å². The third-order valence-corrected chi connectivity index (χ3v) is 8.55. The van der Waals surface area contributed by atoms with E-state index in [1.807, 2.05) is 42.9 Å². The molecular weight excluding hydrogens is 487 g/mol. The summed E-state index contributed by atoms with van der Waals surface area (Å²) in [7, 11) is -1.87. The topological polar surface area (TPSA) is 101 Å². The minimum atomic E-state index is -1.87. The number of hydrogen-bond acceptors (Lipinski definition) is 5. The van der Waals surface area contributed by atoms with Crippen LogP contribution in [0.15, 0.2) is 73.1 Å². The summed E-state index contributed by atoms with van der Waals surface area (Å²) < 4.78 is 15.2. The van der Waals surface area contributed by atoms with Crippen LogP contribution in [0, 0.1) is 11.7 Å². The summed E-state index contributed by atoms with van der Waals surface area (Å²) in [5.74, 6) is -0.176. The Balaban J connectivity index is 1.24. The van der Waals surface area contributed by atoms with Crippen LogP contribution in [-0.4, -0.2) is 40.4 Å². The molecule has 184 valence electrons. The van der Waals surface area contributed by atoms with E-state index < -0.39 is 8.96 Å². The zero-order valence-corrected chi connectivity index (χ0v) is 21.1. The number of nitrogens with zero attached hydrogens (tertiary/aromatic N) is 4. The standard InChI is InChI=1S/C27H23FN6O2Si/c1-37(22-4-2-3-21(28)14-22)33-26(36)18-7-8-23-19(11-18)12-20(15-29-23)17-9-10-34-24(13-17)30-27(32-34)31-25(35)16-5-6-16/h2-4,7-16,37H,5-6H2,1H3,(H,33,36)(H,31,32,35)/t37-/m0/s1. The Kier molecular flexibility index (Phi) is 5.72. The molecule has 8 nitrogen and oxygen atoms in total. The molecule has 1 atom stereocenters. The van der Waals surface area contributed by atoms with Crippen LogP contribution in [0.25, 0.3) is 27.7 Å². The molecule has 0 unspecified atom stereocenters. The molecule has 3 heterocycles. The average Bonchev–Trinajstić information content (AvgIpc) is 3.68. The van der Waals surface area contributed by atoms with E-state index in [0.29, 0.717) is 11.2 Å². The van der Waals surface area contributed by atoms with Gasteiger partial charge in [-0.1, -0.05) is 18.7 Å². The molecule has 0 radical (unpaired) electrons. The fourth-order valence-electron chi connectivity index (χ4n) is 4.24. The number of carbonyl (C=O) groups is 2. The second-order valence-electron chi connectivity index (χ2n) is 9.30. The molecule has 1 saturated carbocycles. The maximum absolute atomic E-state index is 13.6. The van der Waals surface area contributed by atoms with E-state index in [-0.39, 0.29) is 29.5 Å². The monoisotopic (exact) mass is 510 g/mol. The van der Waals surface area contributed by atoms with Crippen molar-refractivity contribution in [1.82, 2.24) is 24.6 Å². The summed E-state index contributed by atoms with van der Waals surface area (Å²) >= 11 is 0. The lowest BCUT2D eigenvalue weighted by molar-refractivity contribution is -0.117. The zero-order valence-electron chi connectivity index (χ0n) is 20.0. The lowest BCUT2D eigenvalue weighted by atomic mass is 10.0. The van der Waals surface area contributed by atoms with Crippen LogP contribution in [0.5, 0.6) is 0 Å². The molecular formula is C27H23FN6O2Si. The first-order valence-corrected chi connectivity index (χ1v) is 14.4. The van der Waals surface area contributed by atoms with Gasteiger partial charge in [-0.15, -0.1) is 5.10 Å². The van der Waals surface area contributed by atoms with Crippen molar-refractivity contribution in [3.8, 4) is 11.1 Å². The van der Waals surface area contributed by atoms with E-state index in [1.165, 1.54) is 12.1 Å². The first kappa shape index (κ1) is 23.0. The van der Waals surface area contributed by atoms with Crippen molar-refractivity contribution in [3.63, 3.8) is 0 Å². The lowest BCUT2D eigenvalue weighted by Crippen LogP contribution is -2.45. The number of hydrogen-bond donors (Lipinski definition) is 2. The highest BCUT2D eigenvalue weighted by Crippen LogP contribution is 2.30. The number of rotatable bonds is 6. The Hall–Kier alpha value is -4.44. The summed E-state index contributed by atoms with van der Waals surface area (Å²) in [6, 6.07) is 17.5. The van der Waals surface area contributed by atoms with Crippen molar-refractivity contribution < 1.29 is 14.0 Å². The SMILES string of the molecule is C[Si@H](NC(=O)c1ccc2ncc(-c3ccn4nc(NC(=O)C5CC5)nc4c3)cc2c1)c1cccc(F)c1. The molecule has 2 amide bonds. The van der Waals surface area contributed by atoms with Crippen molar-refractivity contribution in [1.29, 1.82) is 0 Å². The first-order valence-electron chi connectivity index (χ1n) is 12.1. The maximum atomic E-state index is 13.6. The van der Waals surface area contributed by atoms with Crippen LogP contribution in [-0.2, 0) is 4.79 Å². The molecule has 10 heteroatoms. The molecule has 6 rings (SSSR count). The van der Waals surface area contributed by atoms with Gasteiger partial charge in [0.1, 0.15) is 5.82 Å². The predicted molar refractivity (Wildman–Crippen MR) is 142 cm³/mol. The van der Waals surface area contributed by atoms with Crippen LogP contribution >= 0.6 is 0 Å². The summed E-state index contributed by atoms with van der Waals surface area (Å²) in [4.78, 5) is 37.0. The quantitative estimate of drug-likeness (QED) is 0.341. The van der Waals surface area contributed by atoms with Crippen molar-refractivity contribution in [3.05, 3.63) is 84.4 Å². The van der Waals surface area contributed by atoms with Gasteiger partial charge in [0, 0.05) is 34.8 Å². The Morgan fingerprint density at radius 3 is 2.73 bits per heavy atom. The molecule has 2 aromatic carbocycles. The Labute approximate surface area is 213 Å². The van der Waals surface area contributed by atoms with E-state index >= 15 is 0 Å². The molecule has 0 saturated heterocycles. The van der Waals surface area contributed by atoms with E-state index in [9.17, 15) is 14.0 Å². The van der Waals surface area contributed by atoms with Gasteiger partial charge in [-0.05, 0) is 72.1 Å². The summed E-state index contributed by atoms with van der Waals surface area (Å²) in [6.07, 6.45) is 5.39. The normalized spacial score (nSPS) is 14.0. The summed E-state index contributed by atoms with van der Waals surface area (Å²) in [6.45, 7) is 1.96. The number of anilines is 1. The molecule has 3 aromatic heterocycles. The zero-order chi connectivity index (χ0) is 25.5. The highest BCUT2D eigenvalue weighted by Gasteiger charge is 2.30. The van der Waals surface area contributed by atoms with Gasteiger partial charge in [-0.3, -0.25) is 19.9 Å². The third kappa shape index (κ3) is 4.83. The minimum Gasteiger partial charge on any atom is -0.376 e. The number of benzene rings is 2. The third-order valence-electron chi connectivity index (χ3n) is 6.49. The molecule has 1 aliphatic carbocycles. The fraction of sp³-hybridized carbons (Fsp3) is 0.148. The van der Waals surface area contributed by atoms with Gasteiger partial charge in [-0.2, -0.15) is 4.98 Å². The van der Waals surface area contributed by atoms with Crippen LogP contribution in [0.1, 0.15) is 23.2 Å². The molecule has 0 bridgehead atoms. The van der Waals surface area contributed by atoms with Gasteiger partial charge in [0.05, 0.1) is 5.52 Å². The van der Waals surface area contributed by atoms with Crippen molar-refractivity contribution in [2.24, 2.45) is 5.92 Å². The summed E-state index contributed by atoms with van der Waals surface area (Å²) in [5, 5.41) is 8.75. The summed E-state index contributed by atoms with van der Waals surface area (Å²) in [5.41, 5.74) is 3.64. The Morgan fingerprint density at radius 2 is 1.92 bits per heavy atom. The Bertz CT molecular complexity index is 1680. The van der Waals surface area contributed by atoms with Gasteiger partial charge in [-0.25, -0.2) is 8.91 Å². The second kappa shape index (κ2) is 9.21. The number of fused-ring (bicyclic) bond motifs is 2. The van der Waals surface area contributed by atoms with Crippen LogP contribution in [0.4, 0.5) is 10.3 Å². The molecule has 37 heavy (non-hydrogen) atoms. The highest BCUT2D eigenvalue weighted by molar-refractivity contribution is 6.72. The molecule has 0 spiro atoms. The number of halogens is 1. The number of aromatic nitrogens is 4. The van der Waals surface area contributed by atoms with Crippen LogP contribution in [0.2, 0.25) is 6.55 Å². The fourth-order valence-corrected chi connectivity index (χ4v) is 5.78. The van der Waals surface area contributed by atoms with Gasteiger partial charge in [0.25, 0.3) is 0 Å². The van der Waals surface area contributed by atoms with Gasteiger partial charge in [0.15, 0.2) is 14.6 Å². The Morgan fingerprint density at radius 1 is 1.05 bits per heavy atom. The highest BCUT2D eigenvalue weighted by atomic mass is 28.3. The molecule has 1 aliphatic rings. The van der Waals surface area contributed by atoms with Crippen LogP contribution in [0.3, 0.4) is 0 Å². The van der Waals surface area contributed by atoms with Crippen molar-refractivity contribution in [2.45, 2.75) is 19.4 Å². The molecule has 2 N–H and O–H groups in total. The smallest absolute Gasteiger partial charge is 0.249 e. The van der Waals surface area contributed by atoms with E-state index in [1.54, 1.807) is 29.0 Å². The molecule has 5 aromatic rings. The van der Waals surface area contributed by atoms with Crippen molar-refractivity contribution >= 4 is 48.5 Å². The van der Waals surface area contributed by atoms with Crippen molar-refractivity contribution in [2.75, 3.05) is 5.32 Å². The minimum absolute atomic E-state index is 0.0392. The van der Waals surface area contributed by atoms with Gasteiger partial charge < -0.3 is 4.98 Å².